The van der Waals surface area contributed by atoms with Crippen LogP contribution in [0.25, 0.3) is 0 Å². The van der Waals surface area contributed by atoms with Gasteiger partial charge in [-0.15, -0.1) is 0 Å². The summed E-state index contributed by atoms with van der Waals surface area (Å²) in [4.78, 5) is 8.19. The van der Waals surface area contributed by atoms with E-state index in [0.717, 1.165) is 11.4 Å². The minimum Gasteiger partial charge on any atom is -0.297 e. The van der Waals surface area contributed by atoms with Gasteiger partial charge in [0, 0.05) is 31.4 Å². The van der Waals surface area contributed by atoms with Crippen LogP contribution in [-0.2, 0) is 0 Å². The van der Waals surface area contributed by atoms with Crippen LogP contribution in [0.4, 0.5) is 0 Å². The van der Waals surface area contributed by atoms with E-state index in [2.05, 4.69) is 16.9 Å². The molecule has 0 bridgehead atoms. The third-order valence-electron chi connectivity index (χ3n) is 1.96. The number of hydrogen-bond donors (Lipinski definition) is 0. The van der Waals surface area contributed by atoms with E-state index in [1.165, 1.54) is 0 Å². The zero-order chi connectivity index (χ0) is 8.15. The molecule has 0 rings (SSSR count). The van der Waals surface area contributed by atoms with Crippen molar-refractivity contribution < 1.29 is 0 Å². The molecule has 0 saturated carbocycles. The average molecular weight is 140 g/mol. The smallest absolute Gasteiger partial charge is 0.0314 e. The van der Waals surface area contributed by atoms with E-state index in [4.69, 9.17) is 0 Å². The van der Waals surface area contributed by atoms with E-state index in [1.807, 2.05) is 27.9 Å². The molecule has 0 radical (unpaired) electrons. The molecule has 0 saturated heterocycles. The van der Waals surface area contributed by atoms with Crippen molar-refractivity contribution in [3.05, 3.63) is 0 Å². The summed E-state index contributed by atoms with van der Waals surface area (Å²) in [5, 5.41) is 0. The van der Waals surface area contributed by atoms with Crippen LogP contribution in [-0.4, -0.2) is 25.5 Å². The van der Waals surface area contributed by atoms with Crippen LogP contribution in [0.15, 0.2) is 9.98 Å². The lowest BCUT2D eigenvalue weighted by Gasteiger charge is -2.08. The van der Waals surface area contributed by atoms with E-state index in [1.54, 1.807) is 0 Å². The molecule has 2 heteroatoms. The lowest BCUT2D eigenvalue weighted by Crippen LogP contribution is -2.15. The molecule has 0 aromatic carbocycles. The molecule has 0 spiro atoms. The Morgan fingerprint density at radius 3 is 1.50 bits per heavy atom. The SMILES string of the molecule is CN=C(C)C(C)C(C)=NC. The second kappa shape index (κ2) is 4.20. The van der Waals surface area contributed by atoms with Crippen molar-refractivity contribution in [2.45, 2.75) is 20.8 Å². The van der Waals surface area contributed by atoms with E-state index in [-0.39, 0.29) is 0 Å². The molecule has 0 aliphatic heterocycles. The van der Waals surface area contributed by atoms with Crippen molar-refractivity contribution in [3.63, 3.8) is 0 Å². The van der Waals surface area contributed by atoms with Gasteiger partial charge in [0.15, 0.2) is 0 Å². The van der Waals surface area contributed by atoms with Crippen molar-refractivity contribution >= 4 is 11.4 Å². The first-order valence-corrected chi connectivity index (χ1v) is 3.50. The number of aliphatic imine (C=N–C) groups is 2. The maximum absolute atomic E-state index is 4.09. The number of nitrogens with zero attached hydrogens (tertiary/aromatic N) is 2. The van der Waals surface area contributed by atoms with Gasteiger partial charge >= 0.3 is 0 Å². The Bertz CT molecular complexity index is 139. The van der Waals surface area contributed by atoms with Gasteiger partial charge in [0.1, 0.15) is 0 Å². The van der Waals surface area contributed by atoms with Crippen molar-refractivity contribution in [1.29, 1.82) is 0 Å². The maximum atomic E-state index is 4.09. The van der Waals surface area contributed by atoms with Gasteiger partial charge in [-0.1, -0.05) is 6.92 Å². The standard InChI is InChI=1S/C8H16N2/c1-6(7(2)9-4)8(3)10-5/h6H,1-5H3. The quantitative estimate of drug-likeness (QED) is 0.522. The first-order chi connectivity index (χ1) is 4.63. The Balaban J connectivity index is 4.22. The van der Waals surface area contributed by atoms with Gasteiger partial charge in [0.25, 0.3) is 0 Å². The fraction of sp³-hybridized carbons (Fsp3) is 0.750. The predicted octanol–water partition coefficient (Wildman–Crippen LogP) is 1.80. The number of hydrogen-bond acceptors (Lipinski definition) is 2. The lowest BCUT2D eigenvalue weighted by molar-refractivity contribution is 1.02. The summed E-state index contributed by atoms with van der Waals surface area (Å²) >= 11 is 0. The Morgan fingerprint density at radius 2 is 1.30 bits per heavy atom. The van der Waals surface area contributed by atoms with Gasteiger partial charge in [-0.3, -0.25) is 9.98 Å². The topological polar surface area (TPSA) is 24.7 Å². The van der Waals surface area contributed by atoms with Crippen LogP contribution in [0, 0.1) is 5.92 Å². The highest BCUT2D eigenvalue weighted by atomic mass is 14.7. The first-order valence-electron chi connectivity index (χ1n) is 3.50. The van der Waals surface area contributed by atoms with Crippen molar-refractivity contribution in [1.82, 2.24) is 0 Å². The summed E-state index contributed by atoms with van der Waals surface area (Å²) in [7, 11) is 3.63. The monoisotopic (exact) mass is 140 g/mol. The highest BCUT2D eigenvalue weighted by Gasteiger charge is 2.06. The average Bonchev–Trinajstić information content (AvgIpc) is 2.00. The summed E-state index contributed by atoms with van der Waals surface area (Å²) in [6.45, 7) is 6.17. The highest BCUT2D eigenvalue weighted by Crippen LogP contribution is 2.00. The molecule has 0 N–H and O–H groups in total. The summed E-state index contributed by atoms with van der Waals surface area (Å²) in [6.07, 6.45) is 0. The zero-order valence-corrected chi connectivity index (χ0v) is 7.47. The lowest BCUT2D eigenvalue weighted by atomic mass is 10.0. The first kappa shape index (κ1) is 9.34. The fourth-order valence-electron chi connectivity index (χ4n) is 0.690. The Kier molecular flexibility index (Phi) is 3.93. The minimum atomic E-state index is 0.398. The van der Waals surface area contributed by atoms with Crippen LogP contribution < -0.4 is 0 Å². The summed E-state index contributed by atoms with van der Waals surface area (Å²) in [5.74, 6) is 0.398. The van der Waals surface area contributed by atoms with Gasteiger partial charge in [-0.25, -0.2) is 0 Å². The molecule has 0 atom stereocenters. The van der Waals surface area contributed by atoms with E-state index in [9.17, 15) is 0 Å². The van der Waals surface area contributed by atoms with Crippen molar-refractivity contribution in [3.8, 4) is 0 Å². The van der Waals surface area contributed by atoms with Crippen LogP contribution >= 0.6 is 0 Å². The molecular weight excluding hydrogens is 124 g/mol. The molecule has 0 aromatic heterocycles. The molecule has 0 aromatic rings. The molecule has 0 aliphatic rings. The molecule has 0 amide bonds. The van der Waals surface area contributed by atoms with Gasteiger partial charge in [-0.05, 0) is 13.8 Å². The molecule has 0 heterocycles. The van der Waals surface area contributed by atoms with Crippen LogP contribution in [0.5, 0.6) is 0 Å². The maximum Gasteiger partial charge on any atom is 0.0314 e. The molecular formula is C8H16N2. The Morgan fingerprint density at radius 1 is 1.00 bits per heavy atom. The zero-order valence-electron chi connectivity index (χ0n) is 7.47. The van der Waals surface area contributed by atoms with Crippen molar-refractivity contribution in [2.75, 3.05) is 14.1 Å². The Labute approximate surface area is 63.1 Å². The van der Waals surface area contributed by atoms with E-state index in [0.29, 0.717) is 5.92 Å². The second-order valence-electron chi connectivity index (χ2n) is 2.45. The number of rotatable bonds is 2. The predicted molar refractivity (Wildman–Crippen MR) is 47.2 cm³/mol. The van der Waals surface area contributed by atoms with Gasteiger partial charge < -0.3 is 0 Å². The van der Waals surface area contributed by atoms with Gasteiger partial charge in [0.2, 0.25) is 0 Å². The van der Waals surface area contributed by atoms with Gasteiger partial charge in [0.05, 0.1) is 0 Å². The van der Waals surface area contributed by atoms with E-state index >= 15 is 0 Å². The third-order valence-corrected chi connectivity index (χ3v) is 1.96. The summed E-state index contributed by atoms with van der Waals surface area (Å²) < 4.78 is 0. The van der Waals surface area contributed by atoms with Crippen LogP contribution in [0.2, 0.25) is 0 Å². The minimum absolute atomic E-state index is 0.398. The second-order valence-corrected chi connectivity index (χ2v) is 2.45. The molecule has 0 fully saturated rings. The Hall–Kier alpha value is -0.660. The van der Waals surface area contributed by atoms with Crippen molar-refractivity contribution in [2.24, 2.45) is 15.9 Å². The summed E-state index contributed by atoms with van der Waals surface area (Å²) in [6, 6.07) is 0. The summed E-state index contributed by atoms with van der Waals surface area (Å²) in [5.41, 5.74) is 2.28. The molecule has 58 valence electrons. The molecule has 2 nitrogen and oxygen atoms in total. The normalized spacial score (nSPS) is 17.3. The van der Waals surface area contributed by atoms with Crippen LogP contribution in [0.3, 0.4) is 0 Å². The largest absolute Gasteiger partial charge is 0.297 e. The molecule has 0 unspecified atom stereocenters. The third kappa shape index (κ3) is 2.29. The van der Waals surface area contributed by atoms with Crippen LogP contribution in [0.1, 0.15) is 20.8 Å². The highest BCUT2D eigenvalue weighted by molar-refractivity contribution is 6.04. The fourth-order valence-corrected chi connectivity index (χ4v) is 0.690. The van der Waals surface area contributed by atoms with Gasteiger partial charge in [-0.2, -0.15) is 0 Å². The molecule has 10 heavy (non-hydrogen) atoms. The molecule has 0 aliphatic carbocycles. The van der Waals surface area contributed by atoms with E-state index < -0.39 is 0 Å².